The summed E-state index contributed by atoms with van der Waals surface area (Å²) in [6, 6.07) is 10.7. The Balaban J connectivity index is 1.56. The summed E-state index contributed by atoms with van der Waals surface area (Å²) in [5, 5.41) is 15.5. The van der Waals surface area contributed by atoms with E-state index in [0.29, 0.717) is 34.8 Å². The minimum absolute atomic E-state index is 0.00983. The maximum atomic E-state index is 12.5. The third kappa shape index (κ3) is 4.28. The molecule has 1 aliphatic rings. The van der Waals surface area contributed by atoms with Crippen LogP contribution in [0.1, 0.15) is 35.0 Å². The molecule has 31 heavy (non-hydrogen) atoms. The predicted molar refractivity (Wildman–Crippen MR) is 115 cm³/mol. The SMILES string of the molecule is CCCOc1cnc(CN/C=C2\C(=O)NC(=O)c3ccc(-n4cccc4)cc32)cc1O. The Bertz CT molecular complexity index is 1150. The molecule has 8 nitrogen and oxygen atoms in total. The maximum Gasteiger partial charge on any atom is 0.260 e. The lowest BCUT2D eigenvalue weighted by molar-refractivity contribution is -0.114. The Morgan fingerprint density at radius 3 is 2.71 bits per heavy atom. The number of ether oxygens (including phenoxy) is 1. The van der Waals surface area contributed by atoms with Crippen LogP contribution in [0.2, 0.25) is 0 Å². The monoisotopic (exact) mass is 418 g/mol. The molecule has 2 aromatic heterocycles. The molecule has 3 aromatic rings. The molecule has 3 N–H and O–H groups in total. The molecular formula is C23H22N4O4. The lowest BCUT2D eigenvalue weighted by Crippen LogP contribution is -2.37. The number of amides is 2. The Hall–Kier alpha value is -4.07. The van der Waals surface area contributed by atoms with Gasteiger partial charge >= 0.3 is 0 Å². The van der Waals surface area contributed by atoms with Gasteiger partial charge in [-0.25, -0.2) is 0 Å². The van der Waals surface area contributed by atoms with Gasteiger partial charge in [-0.1, -0.05) is 6.92 Å². The molecule has 8 heteroatoms. The molecule has 1 aromatic carbocycles. The first-order chi connectivity index (χ1) is 15.1. The zero-order chi connectivity index (χ0) is 21.8. The second-order valence-corrected chi connectivity index (χ2v) is 7.03. The topological polar surface area (TPSA) is 105 Å². The van der Waals surface area contributed by atoms with Crippen LogP contribution in [0, 0.1) is 0 Å². The average Bonchev–Trinajstić information content (AvgIpc) is 3.30. The van der Waals surface area contributed by atoms with Gasteiger partial charge in [-0.05, 0) is 36.8 Å². The fraction of sp³-hybridized carbons (Fsp3) is 0.174. The average molecular weight is 418 g/mol. The van der Waals surface area contributed by atoms with Crippen LogP contribution in [-0.2, 0) is 11.3 Å². The number of rotatable bonds is 7. The third-order valence-electron chi connectivity index (χ3n) is 4.81. The molecule has 0 radical (unpaired) electrons. The van der Waals surface area contributed by atoms with E-state index in [1.54, 1.807) is 12.3 Å². The van der Waals surface area contributed by atoms with Gasteiger partial charge in [0.1, 0.15) is 0 Å². The first-order valence-corrected chi connectivity index (χ1v) is 9.94. The van der Waals surface area contributed by atoms with E-state index in [-0.39, 0.29) is 12.3 Å². The molecule has 0 spiro atoms. The van der Waals surface area contributed by atoms with Crippen LogP contribution in [0.25, 0.3) is 11.3 Å². The summed E-state index contributed by atoms with van der Waals surface area (Å²) in [4.78, 5) is 29.0. The van der Waals surface area contributed by atoms with Gasteiger partial charge in [0.15, 0.2) is 11.5 Å². The number of carbonyl (C=O) groups is 2. The van der Waals surface area contributed by atoms with Crippen LogP contribution < -0.4 is 15.4 Å². The van der Waals surface area contributed by atoms with Crippen molar-refractivity contribution >= 4 is 17.4 Å². The van der Waals surface area contributed by atoms with Crippen molar-refractivity contribution in [3.63, 3.8) is 0 Å². The van der Waals surface area contributed by atoms with E-state index in [1.165, 1.54) is 12.3 Å². The minimum Gasteiger partial charge on any atom is -0.504 e. The second kappa shape index (κ2) is 8.74. The van der Waals surface area contributed by atoms with Crippen LogP contribution in [0.15, 0.2) is 61.2 Å². The van der Waals surface area contributed by atoms with Gasteiger partial charge in [0, 0.05) is 41.5 Å². The summed E-state index contributed by atoms with van der Waals surface area (Å²) >= 11 is 0. The molecule has 4 rings (SSSR count). The van der Waals surface area contributed by atoms with Crippen molar-refractivity contribution in [2.45, 2.75) is 19.9 Å². The number of aromatic hydroxyl groups is 1. The highest BCUT2D eigenvalue weighted by Crippen LogP contribution is 2.27. The number of aromatic nitrogens is 2. The molecular weight excluding hydrogens is 396 g/mol. The number of hydrogen-bond donors (Lipinski definition) is 3. The highest BCUT2D eigenvalue weighted by Gasteiger charge is 2.27. The first-order valence-electron chi connectivity index (χ1n) is 9.94. The van der Waals surface area contributed by atoms with Crippen molar-refractivity contribution in [1.82, 2.24) is 20.2 Å². The molecule has 158 valence electrons. The molecule has 1 aliphatic heterocycles. The normalized spacial score (nSPS) is 14.3. The van der Waals surface area contributed by atoms with E-state index in [2.05, 4.69) is 15.6 Å². The Morgan fingerprint density at radius 1 is 1.16 bits per heavy atom. The van der Waals surface area contributed by atoms with E-state index in [9.17, 15) is 14.7 Å². The number of hydrogen-bond acceptors (Lipinski definition) is 6. The van der Waals surface area contributed by atoms with Gasteiger partial charge in [-0.3, -0.25) is 19.9 Å². The van der Waals surface area contributed by atoms with Crippen molar-refractivity contribution in [2.24, 2.45) is 0 Å². The number of imide groups is 1. The van der Waals surface area contributed by atoms with Gasteiger partial charge in [-0.15, -0.1) is 0 Å². The highest BCUT2D eigenvalue weighted by atomic mass is 16.5. The Kier molecular flexibility index (Phi) is 5.70. The summed E-state index contributed by atoms with van der Waals surface area (Å²) in [6.07, 6.45) is 7.63. The molecule has 0 aliphatic carbocycles. The summed E-state index contributed by atoms with van der Waals surface area (Å²) in [7, 11) is 0. The molecule has 3 heterocycles. The van der Waals surface area contributed by atoms with Crippen LogP contribution in [-0.4, -0.2) is 33.1 Å². The second-order valence-electron chi connectivity index (χ2n) is 7.03. The molecule has 0 atom stereocenters. The van der Waals surface area contributed by atoms with Gasteiger partial charge in [0.25, 0.3) is 11.8 Å². The minimum atomic E-state index is -0.478. The van der Waals surface area contributed by atoms with Crippen LogP contribution in [0.3, 0.4) is 0 Å². The fourth-order valence-electron chi connectivity index (χ4n) is 3.28. The first kappa shape index (κ1) is 20.2. The third-order valence-corrected chi connectivity index (χ3v) is 4.81. The number of pyridine rings is 1. The predicted octanol–water partition coefficient (Wildman–Crippen LogP) is 2.77. The van der Waals surface area contributed by atoms with Crippen molar-refractivity contribution < 1.29 is 19.4 Å². The van der Waals surface area contributed by atoms with Crippen molar-refractivity contribution in [2.75, 3.05) is 6.61 Å². The van der Waals surface area contributed by atoms with Crippen molar-refractivity contribution in [3.8, 4) is 17.2 Å². The lowest BCUT2D eigenvalue weighted by Gasteiger charge is -2.19. The smallest absolute Gasteiger partial charge is 0.260 e. The zero-order valence-corrected chi connectivity index (χ0v) is 17.0. The largest absolute Gasteiger partial charge is 0.504 e. The van der Waals surface area contributed by atoms with E-state index in [4.69, 9.17) is 4.74 Å². The number of benzene rings is 1. The van der Waals surface area contributed by atoms with Gasteiger partial charge in [0.05, 0.1) is 30.6 Å². The molecule has 2 amide bonds. The van der Waals surface area contributed by atoms with E-state index in [0.717, 1.165) is 12.1 Å². The number of carbonyl (C=O) groups excluding carboxylic acids is 2. The van der Waals surface area contributed by atoms with E-state index >= 15 is 0 Å². The van der Waals surface area contributed by atoms with Crippen molar-refractivity contribution in [1.29, 1.82) is 0 Å². The quantitative estimate of drug-likeness (QED) is 0.403. The summed E-state index contributed by atoms with van der Waals surface area (Å²) in [5.74, 6) is -0.560. The molecule has 0 fully saturated rings. The zero-order valence-electron chi connectivity index (χ0n) is 17.0. The Labute approximate surface area is 179 Å². The molecule has 0 unspecified atom stereocenters. The summed E-state index contributed by atoms with van der Waals surface area (Å²) in [5.41, 5.74) is 2.73. The maximum absolute atomic E-state index is 12.5. The molecule has 0 bridgehead atoms. The van der Waals surface area contributed by atoms with E-state index < -0.39 is 11.8 Å². The highest BCUT2D eigenvalue weighted by molar-refractivity contribution is 6.31. The van der Waals surface area contributed by atoms with Gasteiger partial charge in [-0.2, -0.15) is 0 Å². The fourth-order valence-corrected chi connectivity index (χ4v) is 3.28. The van der Waals surface area contributed by atoms with Crippen LogP contribution >= 0.6 is 0 Å². The van der Waals surface area contributed by atoms with E-state index in [1.807, 2.05) is 48.1 Å². The molecule has 0 saturated heterocycles. The number of nitrogens with one attached hydrogen (secondary N) is 2. The van der Waals surface area contributed by atoms with Gasteiger partial charge < -0.3 is 19.7 Å². The van der Waals surface area contributed by atoms with Crippen molar-refractivity contribution in [3.05, 3.63) is 78.0 Å². The number of nitrogens with zero attached hydrogens (tertiary/aromatic N) is 2. The summed E-state index contributed by atoms with van der Waals surface area (Å²) in [6.45, 7) is 2.75. The number of fused-ring (bicyclic) bond motifs is 1. The molecule has 0 saturated carbocycles. The lowest BCUT2D eigenvalue weighted by atomic mass is 9.95. The van der Waals surface area contributed by atoms with Gasteiger partial charge in [0.2, 0.25) is 0 Å². The van der Waals surface area contributed by atoms with Crippen LogP contribution in [0.5, 0.6) is 11.5 Å². The Morgan fingerprint density at radius 2 is 1.97 bits per heavy atom. The standard InChI is InChI=1S/C23H22N4O4/c1-2-9-31-21-14-25-15(10-20(21)28)12-24-13-19-18-11-16(27-7-3-4-8-27)5-6-17(18)22(29)26-23(19)30/h3-8,10-11,13-14,24H,2,9,12H2,1H3,(H,25,28)(H,26,29,30)/b19-13-. The van der Waals surface area contributed by atoms with Crippen LogP contribution in [0.4, 0.5) is 0 Å². The summed E-state index contributed by atoms with van der Waals surface area (Å²) < 4.78 is 7.31.